The van der Waals surface area contributed by atoms with Crippen LogP contribution in [0.2, 0.25) is 0 Å². The lowest BCUT2D eigenvalue weighted by Crippen LogP contribution is -2.28. The van der Waals surface area contributed by atoms with Gasteiger partial charge in [-0.15, -0.1) is 0 Å². The van der Waals surface area contributed by atoms with E-state index in [4.69, 9.17) is 9.15 Å². The molecule has 0 radical (unpaired) electrons. The summed E-state index contributed by atoms with van der Waals surface area (Å²) in [7, 11) is -3.94. The summed E-state index contributed by atoms with van der Waals surface area (Å²) in [5.41, 5.74) is 0.445. The average molecular weight is 329 g/mol. The number of aliphatic hydroxyl groups excluding tert-OH is 1. The van der Waals surface area contributed by atoms with Crippen molar-refractivity contribution in [2.24, 2.45) is 0 Å². The number of rotatable bonds is 7. The lowest BCUT2D eigenvalue weighted by molar-refractivity contribution is 0.181. The fourth-order valence-corrected chi connectivity index (χ4v) is 2.83. The van der Waals surface area contributed by atoms with Gasteiger partial charge in [0, 0.05) is 12.1 Å². The number of sulfonamides is 1. The molecular weight excluding hydrogens is 313 g/mol. The molecule has 1 aromatic heterocycles. The predicted molar refractivity (Wildman–Crippen MR) is 76.4 cm³/mol. The number of furan rings is 1. The summed E-state index contributed by atoms with van der Waals surface area (Å²) in [6, 6.07) is 4.88. The van der Waals surface area contributed by atoms with Gasteiger partial charge in [-0.3, -0.25) is 0 Å². The first-order chi connectivity index (χ1) is 10.4. The Kier molecular flexibility index (Phi) is 5.17. The van der Waals surface area contributed by atoms with E-state index < -0.39 is 21.9 Å². The highest BCUT2D eigenvalue weighted by atomic mass is 32.2. The molecule has 22 heavy (non-hydrogen) atoms. The molecule has 0 amide bonds. The number of ether oxygens (including phenoxy) is 1. The first kappa shape index (κ1) is 16.5. The van der Waals surface area contributed by atoms with Gasteiger partial charge in [0.1, 0.15) is 0 Å². The SMILES string of the molecule is CCOc1ccc(S(=O)(=O)NCC(O)c2ccoc2)cc1F. The van der Waals surface area contributed by atoms with Crippen molar-refractivity contribution in [1.82, 2.24) is 4.72 Å². The Balaban J connectivity index is 2.08. The van der Waals surface area contributed by atoms with Gasteiger partial charge >= 0.3 is 0 Å². The molecule has 6 nitrogen and oxygen atoms in total. The van der Waals surface area contributed by atoms with Crippen molar-refractivity contribution in [3.63, 3.8) is 0 Å². The van der Waals surface area contributed by atoms with E-state index in [0.717, 1.165) is 6.07 Å². The third kappa shape index (κ3) is 3.85. The van der Waals surface area contributed by atoms with Crippen LogP contribution in [0.5, 0.6) is 5.75 Å². The second-order valence-electron chi connectivity index (χ2n) is 4.45. The summed E-state index contributed by atoms with van der Waals surface area (Å²) in [6.07, 6.45) is 1.63. The van der Waals surface area contributed by atoms with Crippen LogP contribution in [0.25, 0.3) is 0 Å². The highest BCUT2D eigenvalue weighted by Gasteiger charge is 2.19. The quantitative estimate of drug-likeness (QED) is 0.809. The molecule has 0 bridgehead atoms. The maximum Gasteiger partial charge on any atom is 0.240 e. The zero-order chi connectivity index (χ0) is 16.2. The molecule has 2 aromatic rings. The van der Waals surface area contributed by atoms with Crippen LogP contribution in [0.15, 0.2) is 46.1 Å². The van der Waals surface area contributed by atoms with Gasteiger partial charge in [-0.25, -0.2) is 17.5 Å². The molecule has 8 heteroatoms. The second-order valence-corrected chi connectivity index (χ2v) is 6.22. The Hall–Kier alpha value is -1.90. The number of benzene rings is 1. The van der Waals surface area contributed by atoms with E-state index in [1.165, 1.54) is 30.7 Å². The van der Waals surface area contributed by atoms with Crippen LogP contribution >= 0.6 is 0 Å². The van der Waals surface area contributed by atoms with Crippen LogP contribution in [0, 0.1) is 5.82 Å². The van der Waals surface area contributed by atoms with Crippen LogP contribution in [0.3, 0.4) is 0 Å². The minimum Gasteiger partial charge on any atom is -0.491 e. The standard InChI is InChI=1S/C14H16FNO5S/c1-2-21-14-4-3-11(7-12(14)15)22(18,19)16-8-13(17)10-5-6-20-9-10/h3-7,9,13,16-17H,2,8H2,1H3. The van der Waals surface area contributed by atoms with E-state index in [1.807, 2.05) is 0 Å². The predicted octanol–water partition coefficient (Wildman–Crippen LogP) is 1.83. The molecule has 0 spiro atoms. The van der Waals surface area contributed by atoms with E-state index >= 15 is 0 Å². The van der Waals surface area contributed by atoms with E-state index in [1.54, 1.807) is 6.92 Å². The zero-order valence-electron chi connectivity index (χ0n) is 11.8. The summed E-state index contributed by atoms with van der Waals surface area (Å²) >= 11 is 0. The largest absolute Gasteiger partial charge is 0.491 e. The van der Waals surface area contributed by atoms with E-state index in [2.05, 4.69) is 4.72 Å². The monoisotopic (exact) mass is 329 g/mol. The first-order valence-electron chi connectivity index (χ1n) is 6.56. The summed E-state index contributed by atoms with van der Waals surface area (Å²) in [5.74, 6) is -0.778. The molecule has 0 saturated heterocycles. The van der Waals surface area contributed by atoms with Gasteiger partial charge in [0.15, 0.2) is 11.6 Å². The lowest BCUT2D eigenvalue weighted by atomic mass is 10.2. The average Bonchev–Trinajstić information content (AvgIpc) is 3.01. The molecule has 0 aliphatic rings. The maximum atomic E-state index is 13.7. The Bertz CT molecular complexity index is 715. The summed E-state index contributed by atoms with van der Waals surface area (Å²) < 4.78 is 49.9. The van der Waals surface area contributed by atoms with Crippen molar-refractivity contribution in [3.05, 3.63) is 48.2 Å². The van der Waals surface area contributed by atoms with E-state index in [9.17, 15) is 17.9 Å². The Morgan fingerprint density at radius 1 is 1.41 bits per heavy atom. The third-order valence-electron chi connectivity index (χ3n) is 2.91. The molecule has 1 aromatic carbocycles. The fraction of sp³-hybridized carbons (Fsp3) is 0.286. The molecular formula is C14H16FNO5S. The van der Waals surface area contributed by atoms with Crippen molar-refractivity contribution >= 4 is 10.0 Å². The summed E-state index contributed by atoms with van der Waals surface area (Å²) in [4.78, 5) is -0.243. The molecule has 0 aliphatic heterocycles. The molecule has 0 saturated carbocycles. The number of hydrogen-bond donors (Lipinski definition) is 2. The topological polar surface area (TPSA) is 88.8 Å². The molecule has 120 valence electrons. The van der Waals surface area contributed by atoms with Crippen molar-refractivity contribution in [2.45, 2.75) is 17.9 Å². The Labute approximate surface area is 127 Å². The van der Waals surface area contributed by atoms with E-state index in [0.29, 0.717) is 5.56 Å². The van der Waals surface area contributed by atoms with Crippen molar-refractivity contribution in [1.29, 1.82) is 0 Å². The van der Waals surface area contributed by atoms with Crippen molar-refractivity contribution in [2.75, 3.05) is 13.2 Å². The first-order valence-corrected chi connectivity index (χ1v) is 8.04. The third-order valence-corrected chi connectivity index (χ3v) is 4.33. The van der Waals surface area contributed by atoms with Gasteiger partial charge < -0.3 is 14.3 Å². The highest BCUT2D eigenvalue weighted by Crippen LogP contribution is 2.21. The van der Waals surface area contributed by atoms with Gasteiger partial charge in [0.05, 0.1) is 30.1 Å². The highest BCUT2D eigenvalue weighted by molar-refractivity contribution is 7.89. The van der Waals surface area contributed by atoms with Crippen LogP contribution in [-0.4, -0.2) is 26.7 Å². The van der Waals surface area contributed by atoms with Gasteiger partial charge in [-0.1, -0.05) is 0 Å². The van der Waals surface area contributed by atoms with Gasteiger partial charge in [-0.05, 0) is 31.2 Å². The molecule has 2 rings (SSSR count). The Morgan fingerprint density at radius 3 is 2.77 bits per heavy atom. The minimum atomic E-state index is -3.94. The van der Waals surface area contributed by atoms with Gasteiger partial charge in [0.2, 0.25) is 10.0 Å². The van der Waals surface area contributed by atoms with Gasteiger partial charge in [0.25, 0.3) is 0 Å². The van der Waals surface area contributed by atoms with Crippen LogP contribution in [-0.2, 0) is 10.0 Å². The van der Waals surface area contributed by atoms with Crippen molar-refractivity contribution < 1.29 is 27.1 Å². The molecule has 0 aliphatic carbocycles. The molecule has 0 fully saturated rings. The second kappa shape index (κ2) is 6.91. The fourth-order valence-electron chi connectivity index (χ4n) is 1.78. The van der Waals surface area contributed by atoms with Crippen LogP contribution in [0.1, 0.15) is 18.6 Å². The minimum absolute atomic E-state index is 0.0140. The van der Waals surface area contributed by atoms with Crippen LogP contribution < -0.4 is 9.46 Å². The smallest absolute Gasteiger partial charge is 0.240 e. The molecule has 1 heterocycles. The van der Waals surface area contributed by atoms with Crippen molar-refractivity contribution in [3.8, 4) is 5.75 Å². The summed E-state index contributed by atoms with van der Waals surface area (Å²) in [6.45, 7) is 1.72. The normalized spacial score (nSPS) is 13.0. The lowest BCUT2D eigenvalue weighted by Gasteiger charge is -2.11. The van der Waals surface area contributed by atoms with E-state index in [-0.39, 0.29) is 23.8 Å². The van der Waals surface area contributed by atoms with Crippen LogP contribution in [0.4, 0.5) is 4.39 Å². The molecule has 1 atom stereocenters. The number of nitrogens with one attached hydrogen (secondary N) is 1. The zero-order valence-corrected chi connectivity index (χ0v) is 12.6. The molecule has 1 unspecified atom stereocenters. The number of hydrogen-bond acceptors (Lipinski definition) is 5. The Morgan fingerprint density at radius 2 is 2.18 bits per heavy atom. The summed E-state index contributed by atoms with van der Waals surface area (Å²) in [5, 5.41) is 9.81. The number of halogens is 1. The molecule has 2 N–H and O–H groups in total. The number of aliphatic hydroxyl groups is 1. The van der Waals surface area contributed by atoms with Gasteiger partial charge in [-0.2, -0.15) is 0 Å². The maximum absolute atomic E-state index is 13.7.